The summed E-state index contributed by atoms with van der Waals surface area (Å²) < 4.78 is 33.1. The van der Waals surface area contributed by atoms with Crippen molar-refractivity contribution in [2.24, 2.45) is 5.92 Å². The van der Waals surface area contributed by atoms with E-state index in [4.69, 9.17) is 17.0 Å². The number of anilines is 1. The van der Waals surface area contributed by atoms with E-state index in [2.05, 4.69) is 29.2 Å². The molecule has 32 heavy (non-hydrogen) atoms. The second-order valence-electron chi connectivity index (χ2n) is 8.85. The Balaban J connectivity index is 1.96. The van der Waals surface area contributed by atoms with Gasteiger partial charge in [-0.15, -0.1) is 0 Å². The van der Waals surface area contributed by atoms with E-state index in [-0.39, 0.29) is 15.9 Å². The first-order chi connectivity index (χ1) is 14.9. The van der Waals surface area contributed by atoms with Crippen molar-refractivity contribution in [3.63, 3.8) is 0 Å². The summed E-state index contributed by atoms with van der Waals surface area (Å²) >= 11 is 5.22. The minimum absolute atomic E-state index is 0.101. The Bertz CT molecular complexity index is 1040. The maximum Gasteiger partial charge on any atom is 0.257 e. The first-order valence-electron chi connectivity index (χ1n) is 10.3. The van der Waals surface area contributed by atoms with Gasteiger partial charge >= 0.3 is 0 Å². The van der Waals surface area contributed by atoms with Gasteiger partial charge in [0.05, 0.1) is 11.5 Å². The van der Waals surface area contributed by atoms with E-state index in [1.54, 1.807) is 57.2 Å². The lowest BCUT2D eigenvalue weighted by Crippen LogP contribution is -2.40. The average molecular weight is 478 g/mol. The molecule has 3 N–H and O–H groups in total. The van der Waals surface area contributed by atoms with Gasteiger partial charge in [-0.25, -0.2) is 13.1 Å². The van der Waals surface area contributed by atoms with E-state index in [9.17, 15) is 13.2 Å². The van der Waals surface area contributed by atoms with Crippen molar-refractivity contribution in [1.82, 2.24) is 10.0 Å². The largest absolute Gasteiger partial charge is 0.494 e. The first kappa shape index (κ1) is 25.8. The zero-order chi connectivity index (χ0) is 23.9. The van der Waals surface area contributed by atoms with E-state index >= 15 is 0 Å². The summed E-state index contributed by atoms with van der Waals surface area (Å²) in [5.41, 5.74) is 0.389. The highest BCUT2D eigenvalue weighted by molar-refractivity contribution is 7.89. The summed E-state index contributed by atoms with van der Waals surface area (Å²) in [6.45, 7) is 10.1. The molecule has 0 spiro atoms. The number of thiocarbonyl (C=S) groups is 1. The molecule has 2 aromatic rings. The van der Waals surface area contributed by atoms with Crippen LogP contribution in [0.5, 0.6) is 5.75 Å². The Morgan fingerprint density at radius 2 is 1.75 bits per heavy atom. The third-order valence-corrected chi connectivity index (χ3v) is 6.13. The number of benzene rings is 2. The number of carbonyl (C=O) groups is 1. The molecule has 9 heteroatoms. The summed E-state index contributed by atoms with van der Waals surface area (Å²) in [4.78, 5) is 12.7. The Hall–Kier alpha value is -2.49. The van der Waals surface area contributed by atoms with Crippen molar-refractivity contribution >= 4 is 38.9 Å². The van der Waals surface area contributed by atoms with E-state index < -0.39 is 15.6 Å². The highest BCUT2D eigenvalue weighted by Crippen LogP contribution is 2.17. The molecule has 0 aliphatic heterocycles. The van der Waals surface area contributed by atoms with Crippen molar-refractivity contribution < 1.29 is 17.9 Å². The molecular formula is C23H31N3O4S2. The van der Waals surface area contributed by atoms with Gasteiger partial charge in [0.15, 0.2) is 5.11 Å². The number of rotatable bonds is 8. The van der Waals surface area contributed by atoms with Crippen molar-refractivity contribution in [1.29, 1.82) is 0 Å². The van der Waals surface area contributed by atoms with E-state index in [1.165, 1.54) is 12.1 Å². The number of sulfonamides is 1. The second-order valence-corrected chi connectivity index (χ2v) is 10.9. The van der Waals surface area contributed by atoms with Crippen LogP contribution in [0.25, 0.3) is 0 Å². The number of nitrogens with one attached hydrogen (secondary N) is 3. The van der Waals surface area contributed by atoms with Crippen molar-refractivity contribution in [2.75, 3.05) is 11.9 Å². The highest BCUT2D eigenvalue weighted by atomic mass is 32.2. The van der Waals surface area contributed by atoms with Crippen molar-refractivity contribution in [2.45, 2.75) is 51.5 Å². The van der Waals surface area contributed by atoms with Gasteiger partial charge in [0.2, 0.25) is 10.0 Å². The van der Waals surface area contributed by atoms with Crippen LogP contribution < -0.4 is 20.1 Å². The molecule has 0 saturated carbocycles. The standard InChI is InChI=1S/C23H31N3O4S2/c1-16(2)13-14-30-19-8-6-7-17(15-19)21(27)25-22(31)24-18-9-11-20(12-10-18)32(28,29)26-23(3,4)5/h6-12,15-16,26H,13-14H2,1-5H3,(H2,24,25,27,31). The number of carbonyl (C=O) groups excluding carboxylic acids is 1. The molecule has 0 fully saturated rings. The van der Waals surface area contributed by atoms with Gasteiger partial charge in [0.1, 0.15) is 5.75 Å². The minimum atomic E-state index is -3.63. The van der Waals surface area contributed by atoms with Gasteiger partial charge in [-0.05, 0) is 87.8 Å². The summed E-state index contributed by atoms with van der Waals surface area (Å²) in [7, 11) is -3.63. The third kappa shape index (κ3) is 8.57. The molecule has 0 bridgehead atoms. The van der Waals surface area contributed by atoms with Gasteiger partial charge in [-0.1, -0.05) is 19.9 Å². The van der Waals surface area contributed by atoms with Crippen molar-refractivity contribution in [3.05, 3.63) is 54.1 Å². The Morgan fingerprint density at radius 1 is 1.09 bits per heavy atom. The fourth-order valence-corrected chi connectivity index (χ4v) is 4.29. The highest BCUT2D eigenvalue weighted by Gasteiger charge is 2.21. The number of hydrogen-bond acceptors (Lipinski definition) is 5. The molecule has 7 nitrogen and oxygen atoms in total. The van der Waals surface area contributed by atoms with Crippen molar-refractivity contribution in [3.8, 4) is 5.75 Å². The second kappa shape index (κ2) is 10.9. The lowest BCUT2D eigenvalue weighted by atomic mass is 10.1. The predicted octanol–water partition coefficient (Wildman–Crippen LogP) is 4.32. The first-order valence-corrected chi connectivity index (χ1v) is 12.2. The smallest absolute Gasteiger partial charge is 0.257 e. The molecule has 0 unspecified atom stereocenters. The Kier molecular flexibility index (Phi) is 8.77. The SMILES string of the molecule is CC(C)CCOc1cccc(C(=O)NC(=S)Nc2ccc(S(=O)(=O)NC(C)(C)C)cc2)c1. The molecule has 174 valence electrons. The lowest BCUT2D eigenvalue weighted by molar-refractivity contribution is 0.0977. The van der Waals surface area contributed by atoms with Crippen LogP contribution in [0, 0.1) is 5.92 Å². The number of hydrogen-bond donors (Lipinski definition) is 3. The Labute approximate surface area is 196 Å². The van der Waals surface area contributed by atoms with Gasteiger partial charge in [-0.2, -0.15) is 0 Å². The van der Waals surface area contributed by atoms with Gasteiger partial charge < -0.3 is 10.1 Å². The fraction of sp³-hybridized carbons (Fsp3) is 0.391. The van der Waals surface area contributed by atoms with Crippen LogP contribution in [0.1, 0.15) is 51.4 Å². The van der Waals surface area contributed by atoms with E-state index in [1.807, 2.05) is 0 Å². The molecule has 0 atom stereocenters. The predicted molar refractivity (Wildman–Crippen MR) is 132 cm³/mol. The van der Waals surface area contributed by atoms with Gasteiger partial charge in [0, 0.05) is 16.8 Å². The summed E-state index contributed by atoms with van der Waals surface area (Å²) in [5, 5.41) is 5.60. The summed E-state index contributed by atoms with van der Waals surface area (Å²) in [5.74, 6) is 0.789. The molecule has 0 radical (unpaired) electrons. The monoisotopic (exact) mass is 477 g/mol. The number of ether oxygens (including phenoxy) is 1. The molecule has 0 aromatic heterocycles. The molecule has 1 amide bonds. The van der Waals surface area contributed by atoms with Crippen LogP contribution in [0.15, 0.2) is 53.4 Å². The van der Waals surface area contributed by atoms with E-state index in [0.29, 0.717) is 29.5 Å². The topological polar surface area (TPSA) is 96.5 Å². The Morgan fingerprint density at radius 3 is 2.34 bits per heavy atom. The van der Waals surface area contributed by atoms with Crippen LogP contribution in [0.3, 0.4) is 0 Å². The number of amides is 1. The maximum absolute atomic E-state index is 12.5. The van der Waals surface area contributed by atoms with Gasteiger partial charge in [0.25, 0.3) is 5.91 Å². The van der Waals surface area contributed by atoms with Crippen LogP contribution in [-0.2, 0) is 10.0 Å². The molecular weight excluding hydrogens is 446 g/mol. The van der Waals surface area contributed by atoms with Gasteiger partial charge in [-0.3, -0.25) is 10.1 Å². The molecule has 0 saturated heterocycles. The molecule has 2 aromatic carbocycles. The molecule has 0 aliphatic carbocycles. The van der Waals surface area contributed by atoms with Crippen LogP contribution >= 0.6 is 12.2 Å². The third-order valence-electron chi connectivity index (χ3n) is 4.15. The molecule has 0 heterocycles. The molecule has 2 rings (SSSR count). The van der Waals surface area contributed by atoms with Crippen LogP contribution in [-0.4, -0.2) is 31.6 Å². The normalized spacial score (nSPS) is 11.8. The van der Waals surface area contributed by atoms with Crippen LogP contribution in [0.4, 0.5) is 5.69 Å². The minimum Gasteiger partial charge on any atom is -0.494 e. The fourth-order valence-electron chi connectivity index (χ4n) is 2.66. The average Bonchev–Trinajstić information content (AvgIpc) is 2.66. The zero-order valence-corrected chi connectivity index (χ0v) is 20.7. The lowest BCUT2D eigenvalue weighted by Gasteiger charge is -2.20. The molecule has 0 aliphatic rings. The quantitative estimate of drug-likeness (QED) is 0.490. The van der Waals surface area contributed by atoms with E-state index in [0.717, 1.165) is 6.42 Å². The summed E-state index contributed by atoms with van der Waals surface area (Å²) in [6, 6.07) is 13.0. The zero-order valence-electron chi connectivity index (χ0n) is 19.1. The summed E-state index contributed by atoms with van der Waals surface area (Å²) in [6.07, 6.45) is 0.927. The maximum atomic E-state index is 12.5. The van der Waals surface area contributed by atoms with Crippen LogP contribution in [0.2, 0.25) is 0 Å².